The number of hydrogen-bond donors (Lipinski definition) is 1. The summed E-state index contributed by atoms with van der Waals surface area (Å²) in [4.78, 5) is 12.4. The van der Waals surface area contributed by atoms with Crippen LogP contribution < -0.4 is 10.1 Å². The zero-order chi connectivity index (χ0) is 17.1. The molecule has 0 aliphatic heterocycles. The molecule has 1 atom stereocenters. The molecule has 1 N–H and O–H groups in total. The van der Waals surface area contributed by atoms with Crippen molar-refractivity contribution in [2.45, 2.75) is 40.7 Å². The third kappa shape index (κ3) is 4.35. The van der Waals surface area contributed by atoms with Crippen molar-refractivity contribution in [2.24, 2.45) is 0 Å². The van der Waals surface area contributed by atoms with Crippen molar-refractivity contribution in [1.82, 2.24) is 0 Å². The first-order valence-corrected chi connectivity index (χ1v) is 8.38. The molecule has 3 nitrogen and oxygen atoms in total. The molecule has 0 saturated heterocycles. The normalized spacial score (nSPS) is 11.9. The Labute approximate surface area is 146 Å². The molecule has 0 saturated carbocycles. The maximum absolute atomic E-state index is 12.4. The third-order valence-electron chi connectivity index (χ3n) is 3.74. The largest absolute Gasteiger partial charge is 0.480 e. The summed E-state index contributed by atoms with van der Waals surface area (Å²) in [5.41, 5.74) is 4.98. The van der Waals surface area contributed by atoms with Gasteiger partial charge in [-0.05, 0) is 75.1 Å². The first-order valence-electron chi connectivity index (χ1n) is 7.59. The number of amides is 1. The number of aryl methyl sites for hydroxylation is 4. The zero-order valence-corrected chi connectivity index (χ0v) is 15.7. The maximum atomic E-state index is 12.4. The number of carbonyl (C=O) groups is 1. The second-order valence-corrected chi connectivity index (χ2v) is 6.85. The van der Waals surface area contributed by atoms with Crippen molar-refractivity contribution < 1.29 is 9.53 Å². The summed E-state index contributed by atoms with van der Waals surface area (Å²) in [5.74, 6) is 0.609. The standard InChI is InChI=1S/C19H22BrNO2/c1-11-6-7-12(2)17(8-11)21-19(22)15(5)23-18-13(3)9-16(20)10-14(18)4/h6-10,15H,1-5H3,(H,21,22). The molecule has 122 valence electrons. The molecule has 0 aliphatic carbocycles. The van der Waals surface area contributed by atoms with Crippen molar-refractivity contribution in [3.63, 3.8) is 0 Å². The van der Waals surface area contributed by atoms with Gasteiger partial charge in [-0.15, -0.1) is 0 Å². The van der Waals surface area contributed by atoms with E-state index in [1.165, 1.54) is 0 Å². The summed E-state index contributed by atoms with van der Waals surface area (Å²) >= 11 is 3.47. The van der Waals surface area contributed by atoms with E-state index in [9.17, 15) is 4.79 Å². The fourth-order valence-electron chi connectivity index (χ4n) is 2.42. The monoisotopic (exact) mass is 375 g/mol. The molecule has 0 spiro atoms. The lowest BCUT2D eigenvalue weighted by atomic mass is 10.1. The van der Waals surface area contributed by atoms with Crippen LogP contribution in [0.15, 0.2) is 34.8 Å². The Kier molecular flexibility index (Phi) is 5.47. The smallest absolute Gasteiger partial charge is 0.265 e. The average molecular weight is 376 g/mol. The van der Waals surface area contributed by atoms with Crippen LogP contribution in [0.25, 0.3) is 0 Å². The molecule has 0 aliphatic rings. The van der Waals surface area contributed by atoms with Gasteiger partial charge in [-0.25, -0.2) is 0 Å². The molecule has 0 heterocycles. The van der Waals surface area contributed by atoms with E-state index in [2.05, 4.69) is 21.2 Å². The Morgan fingerprint density at radius 3 is 2.26 bits per heavy atom. The minimum absolute atomic E-state index is 0.152. The highest BCUT2D eigenvalue weighted by Gasteiger charge is 2.18. The molecule has 0 bridgehead atoms. The van der Waals surface area contributed by atoms with Crippen molar-refractivity contribution in [1.29, 1.82) is 0 Å². The summed E-state index contributed by atoms with van der Waals surface area (Å²) in [6.45, 7) is 9.69. The number of nitrogens with one attached hydrogen (secondary N) is 1. The van der Waals surface area contributed by atoms with Gasteiger partial charge in [-0.1, -0.05) is 28.1 Å². The highest BCUT2D eigenvalue weighted by atomic mass is 79.9. The van der Waals surface area contributed by atoms with E-state index >= 15 is 0 Å². The van der Waals surface area contributed by atoms with E-state index in [1.807, 2.05) is 58.0 Å². The van der Waals surface area contributed by atoms with Gasteiger partial charge in [0.05, 0.1) is 0 Å². The summed E-state index contributed by atoms with van der Waals surface area (Å²) in [7, 11) is 0. The minimum atomic E-state index is -0.575. The van der Waals surface area contributed by atoms with Gasteiger partial charge in [0.1, 0.15) is 5.75 Å². The molecule has 4 heteroatoms. The van der Waals surface area contributed by atoms with Crippen LogP contribution in [0, 0.1) is 27.7 Å². The first kappa shape index (κ1) is 17.5. The Bertz CT molecular complexity index is 717. The van der Waals surface area contributed by atoms with Crippen LogP contribution in [0.1, 0.15) is 29.2 Å². The highest BCUT2D eigenvalue weighted by Crippen LogP contribution is 2.28. The number of carbonyl (C=O) groups excluding carboxylic acids is 1. The lowest BCUT2D eigenvalue weighted by Crippen LogP contribution is -2.30. The van der Waals surface area contributed by atoms with Crippen molar-refractivity contribution in [3.05, 3.63) is 57.1 Å². The number of hydrogen-bond acceptors (Lipinski definition) is 2. The van der Waals surface area contributed by atoms with Crippen LogP contribution in [0.5, 0.6) is 5.75 Å². The molecule has 23 heavy (non-hydrogen) atoms. The molecule has 0 radical (unpaired) electrons. The minimum Gasteiger partial charge on any atom is -0.480 e. The summed E-state index contributed by atoms with van der Waals surface area (Å²) < 4.78 is 6.91. The molecule has 2 aromatic carbocycles. The van der Waals surface area contributed by atoms with Gasteiger partial charge in [0.25, 0.3) is 5.91 Å². The molecule has 0 fully saturated rings. The van der Waals surface area contributed by atoms with E-state index in [1.54, 1.807) is 6.92 Å². The van der Waals surface area contributed by atoms with Crippen LogP contribution >= 0.6 is 15.9 Å². The zero-order valence-electron chi connectivity index (χ0n) is 14.2. The number of anilines is 1. The predicted molar refractivity (Wildman–Crippen MR) is 98.3 cm³/mol. The van der Waals surface area contributed by atoms with Gasteiger partial charge in [-0.2, -0.15) is 0 Å². The lowest BCUT2D eigenvalue weighted by molar-refractivity contribution is -0.122. The van der Waals surface area contributed by atoms with Gasteiger partial charge in [-0.3, -0.25) is 4.79 Å². The summed E-state index contributed by atoms with van der Waals surface area (Å²) in [6.07, 6.45) is -0.575. The van der Waals surface area contributed by atoms with Gasteiger partial charge in [0, 0.05) is 10.2 Å². The van der Waals surface area contributed by atoms with Gasteiger partial charge < -0.3 is 10.1 Å². The SMILES string of the molecule is Cc1ccc(C)c(NC(=O)C(C)Oc2c(C)cc(Br)cc2C)c1. The number of rotatable bonds is 4. The highest BCUT2D eigenvalue weighted by molar-refractivity contribution is 9.10. The summed E-state index contributed by atoms with van der Waals surface area (Å²) in [6, 6.07) is 9.96. The second-order valence-electron chi connectivity index (χ2n) is 5.94. The fourth-order valence-corrected chi connectivity index (χ4v) is 3.11. The molecule has 1 amide bonds. The van der Waals surface area contributed by atoms with E-state index in [0.717, 1.165) is 38.2 Å². The first-order chi connectivity index (χ1) is 10.8. The Balaban J connectivity index is 2.13. The molecular formula is C19H22BrNO2. The number of ether oxygens (including phenoxy) is 1. The van der Waals surface area contributed by atoms with E-state index < -0.39 is 6.10 Å². The van der Waals surface area contributed by atoms with E-state index in [0.29, 0.717) is 0 Å². The number of benzene rings is 2. The van der Waals surface area contributed by atoms with Crippen molar-refractivity contribution >= 4 is 27.5 Å². The van der Waals surface area contributed by atoms with Crippen molar-refractivity contribution in [3.8, 4) is 5.75 Å². The van der Waals surface area contributed by atoms with Crippen LogP contribution in [0.2, 0.25) is 0 Å². The molecular weight excluding hydrogens is 354 g/mol. The predicted octanol–water partition coefficient (Wildman–Crippen LogP) is 5.09. The van der Waals surface area contributed by atoms with Crippen molar-refractivity contribution in [2.75, 3.05) is 5.32 Å². The quantitative estimate of drug-likeness (QED) is 0.807. The van der Waals surface area contributed by atoms with E-state index in [4.69, 9.17) is 4.74 Å². The van der Waals surface area contributed by atoms with E-state index in [-0.39, 0.29) is 5.91 Å². The topological polar surface area (TPSA) is 38.3 Å². The van der Waals surface area contributed by atoms with Crippen LogP contribution in [-0.4, -0.2) is 12.0 Å². The Hall–Kier alpha value is -1.81. The second kappa shape index (κ2) is 7.18. The summed E-state index contributed by atoms with van der Waals surface area (Å²) in [5, 5.41) is 2.95. The fraction of sp³-hybridized carbons (Fsp3) is 0.316. The van der Waals surface area contributed by atoms with Gasteiger partial charge in [0.15, 0.2) is 6.10 Å². The maximum Gasteiger partial charge on any atom is 0.265 e. The van der Waals surface area contributed by atoms with Gasteiger partial charge in [0.2, 0.25) is 0 Å². The molecule has 2 rings (SSSR count). The molecule has 1 unspecified atom stereocenters. The number of halogens is 1. The molecule has 2 aromatic rings. The Morgan fingerprint density at radius 1 is 1.04 bits per heavy atom. The van der Waals surface area contributed by atoms with Gasteiger partial charge >= 0.3 is 0 Å². The average Bonchev–Trinajstić information content (AvgIpc) is 2.46. The third-order valence-corrected chi connectivity index (χ3v) is 4.20. The van der Waals surface area contributed by atoms with Crippen LogP contribution in [0.4, 0.5) is 5.69 Å². The van der Waals surface area contributed by atoms with Crippen LogP contribution in [-0.2, 0) is 4.79 Å². The Morgan fingerprint density at radius 2 is 1.65 bits per heavy atom. The van der Waals surface area contributed by atoms with Crippen LogP contribution in [0.3, 0.4) is 0 Å². The lowest BCUT2D eigenvalue weighted by Gasteiger charge is -2.19. The molecule has 0 aromatic heterocycles.